The molecular formula is C20H18BrNO2. The van der Waals surface area contributed by atoms with Crippen molar-refractivity contribution in [3.63, 3.8) is 0 Å². The van der Waals surface area contributed by atoms with Crippen LogP contribution in [0.3, 0.4) is 0 Å². The average molecular weight is 384 g/mol. The summed E-state index contributed by atoms with van der Waals surface area (Å²) in [5.74, 6) is 0.582. The van der Waals surface area contributed by atoms with E-state index >= 15 is 0 Å². The van der Waals surface area contributed by atoms with Gasteiger partial charge in [0.25, 0.3) is 5.91 Å². The first-order chi connectivity index (χ1) is 11.7. The number of benzene rings is 3. The van der Waals surface area contributed by atoms with Crippen molar-refractivity contribution in [2.75, 3.05) is 5.32 Å². The lowest BCUT2D eigenvalue weighted by atomic mass is 10.1. The van der Waals surface area contributed by atoms with Gasteiger partial charge < -0.3 is 10.1 Å². The topological polar surface area (TPSA) is 38.3 Å². The smallest absolute Gasteiger partial charge is 0.265 e. The number of hydrogen-bond donors (Lipinski definition) is 1. The fraction of sp³-hybridized carbons (Fsp3) is 0.150. The molecule has 24 heavy (non-hydrogen) atoms. The first kappa shape index (κ1) is 16.5. The summed E-state index contributed by atoms with van der Waals surface area (Å²) in [6.07, 6.45) is 0.0467. The van der Waals surface area contributed by atoms with E-state index < -0.39 is 6.10 Å². The van der Waals surface area contributed by atoms with Crippen molar-refractivity contribution in [1.29, 1.82) is 0 Å². The number of hydrogen-bond acceptors (Lipinski definition) is 2. The zero-order chi connectivity index (χ0) is 16.9. The van der Waals surface area contributed by atoms with Crippen molar-refractivity contribution in [3.8, 4) is 5.75 Å². The van der Waals surface area contributed by atoms with E-state index in [0.29, 0.717) is 6.42 Å². The normalized spacial score (nSPS) is 11.9. The van der Waals surface area contributed by atoms with Crippen LogP contribution in [0.1, 0.15) is 13.3 Å². The molecule has 0 saturated carbocycles. The predicted molar refractivity (Wildman–Crippen MR) is 101 cm³/mol. The summed E-state index contributed by atoms with van der Waals surface area (Å²) in [5.41, 5.74) is 0.753. The van der Waals surface area contributed by atoms with Crippen LogP contribution in [0.5, 0.6) is 5.75 Å². The average Bonchev–Trinajstić information content (AvgIpc) is 2.61. The van der Waals surface area contributed by atoms with Crippen LogP contribution < -0.4 is 10.1 Å². The Morgan fingerprint density at radius 2 is 1.75 bits per heavy atom. The third-order valence-corrected chi connectivity index (χ3v) is 4.32. The number of amides is 1. The molecule has 1 N–H and O–H groups in total. The molecule has 4 heteroatoms. The van der Waals surface area contributed by atoms with Gasteiger partial charge in [-0.1, -0.05) is 59.3 Å². The van der Waals surface area contributed by atoms with E-state index in [1.165, 1.54) is 0 Å². The van der Waals surface area contributed by atoms with Crippen LogP contribution >= 0.6 is 15.9 Å². The van der Waals surface area contributed by atoms with Crippen molar-refractivity contribution in [2.45, 2.75) is 19.4 Å². The fourth-order valence-electron chi connectivity index (χ4n) is 2.53. The van der Waals surface area contributed by atoms with E-state index in [-0.39, 0.29) is 5.91 Å². The fourth-order valence-corrected chi connectivity index (χ4v) is 2.79. The molecule has 1 unspecified atom stereocenters. The zero-order valence-corrected chi connectivity index (χ0v) is 14.9. The van der Waals surface area contributed by atoms with Crippen molar-refractivity contribution in [2.24, 2.45) is 0 Å². The molecule has 0 fully saturated rings. The highest BCUT2D eigenvalue weighted by molar-refractivity contribution is 9.10. The van der Waals surface area contributed by atoms with Crippen LogP contribution in [0, 0.1) is 0 Å². The minimum absolute atomic E-state index is 0.146. The SMILES string of the molecule is CCC(Oc1cccc2ccccc12)C(=O)Nc1ccc(Br)cc1. The standard InChI is InChI=1S/C20H18BrNO2/c1-2-18(20(23)22-16-12-10-15(21)11-13-16)24-19-9-5-7-14-6-3-4-8-17(14)19/h3-13,18H,2H2,1H3,(H,22,23). The second-order valence-electron chi connectivity index (χ2n) is 5.49. The van der Waals surface area contributed by atoms with Crippen LogP contribution in [0.4, 0.5) is 5.69 Å². The second-order valence-corrected chi connectivity index (χ2v) is 6.40. The maximum Gasteiger partial charge on any atom is 0.265 e. The molecule has 3 aromatic rings. The summed E-state index contributed by atoms with van der Waals surface area (Å²) in [6, 6.07) is 21.4. The van der Waals surface area contributed by atoms with Crippen LogP contribution in [0.15, 0.2) is 71.2 Å². The second kappa shape index (κ2) is 7.49. The Morgan fingerprint density at radius 1 is 1.04 bits per heavy atom. The van der Waals surface area contributed by atoms with Gasteiger partial charge in [-0.05, 0) is 42.1 Å². The van der Waals surface area contributed by atoms with Gasteiger partial charge in [-0.15, -0.1) is 0 Å². The molecule has 3 rings (SSSR count). The van der Waals surface area contributed by atoms with Gasteiger partial charge in [0.15, 0.2) is 6.10 Å². The number of rotatable bonds is 5. The number of anilines is 1. The Hall–Kier alpha value is -2.33. The Balaban J connectivity index is 1.78. The van der Waals surface area contributed by atoms with Crippen LogP contribution in [-0.4, -0.2) is 12.0 Å². The lowest BCUT2D eigenvalue weighted by Gasteiger charge is -2.18. The summed E-state index contributed by atoms with van der Waals surface area (Å²) in [5, 5.41) is 5.01. The number of ether oxygens (including phenoxy) is 1. The molecule has 3 nitrogen and oxygen atoms in total. The highest BCUT2D eigenvalue weighted by Crippen LogP contribution is 2.26. The van der Waals surface area contributed by atoms with Gasteiger partial charge in [-0.25, -0.2) is 0 Å². The van der Waals surface area contributed by atoms with E-state index in [0.717, 1.165) is 26.7 Å². The highest BCUT2D eigenvalue weighted by Gasteiger charge is 2.19. The Bertz CT molecular complexity index is 840. The summed E-state index contributed by atoms with van der Waals surface area (Å²) in [4.78, 5) is 12.5. The molecule has 0 radical (unpaired) electrons. The van der Waals surface area contributed by atoms with Crippen molar-refractivity contribution in [1.82, 2.24) is 0 Å². The Kier molecular flexibility index (Phi) is 5.16. The first-order valence-corrected chi connectivity index (χ1v) is 8.67. The quantitative estimate of drug-likeness (QED) is 0.640. The van der Waals surface area contributed by atoms with E-state index in [2.05, 4.69) is 21.2 Å². The van der Waals surface area contributed by atoms with Gasteiger partial charge in [0.1, 0.15) is 5.75 Å². The van der Waals surface area contributed by atoms with Crippen LogP contribution in [0.2, 0.25) is 0 Å². The first-order valence-electron chi connectivity index (χ1n) is 7.88. The van der Waals surface area contributed by atoms with Crippen molar-refractivity contribution >= 4 is 38.3 Å². The molecule has 0 aliphatic heterocycles. The third-order valence-electron chi connectivity index (χ3n) is 3.79. The maximum absolute atomic E-state index is 12.5. The molecule has 1 atom stereocenters. The van der Waals surface area contributed by atoms with E-state index in [9.17, 15) is 4.79 Å². The molecule has 1 amide bonds. The highest BCUT2D eigenvalue weighted by atomic mass is 79.9. The summed E-state index contributed by atoms with van der Waals surface area (Å²) >= 11 is 3.38. The van der Waals surface area contributed by atoms with Gasteiger partial charge >= 0.3 is 0 Å². The minimum Gasteiger partial charge on any atom is -0.480 e. The summed E-state index contributed by atoms with van der Waals surface area (Å²) in [6.45, 7) is 1.94. The van der Waals surface area contributed by atoms with Gasteiger partial charge in [-0.2, -0.15) is 0 Å². The van der Waals surface area contributed by atoms with Crippen LogP contribution in [-0.2, 0) is 4.79 Å². The lowest BCUT2D eigenvalue weighted by molar-refractivity contribution is -0.122. The monoisotopic (exact) mass is 383 g/mol. The van der Waals surface area contributed by atoms with Crippen molar-refractivity contribution < 1.29 is 9.53 Å². The number of nitrogens with one attached hydrogen (secondary N) is 1. The van der Waals surface area contributed by atoms with Gasteiger partial charge in [0.2, 0.25) is 0 Å². The molecule has 0 aliphatic carbocycles. The number of fused-ring (bicyclic) bond motifs is 1. The molecule has 0 bridgehead atoms. The molecule has 0 saturated heterocycles. The van der Waals surface area contributed by atoms with Gasteiger partial charge in [-0.3, -0.25) is 4.79 Å². The van der Waals surface area contributed by atoms with E-state index in [1.54, 1.807) is 0 Å². The molecule has 3 aromatic carbocycles. The minimum atomic E-state index is -0.542. The molecule has 0 heterocycles. The van der Waals surface area contributed by atoms with E-state index in [4.69, 9.17) is 4.74 Å². The van der Waals surface area contributed by atoms with Gasteiger partial charge in [0.05, 0.1) is 0 Å². The largest absolute Gasteiger partial charge is 0.480 e. The predicted octanol–water partition coefficient (Wildman–Crippen LogP) is 5.40. The Morgan fingerprint density at radius 3 is 2.50 bits per heavy atom. The van der Waals surface area contributed by atoms with Crippen LogP contribution in [0.25, 0.3) is 10.8 Å². The molecule has 0 aliphatic rings. The van der Waals surface area contributed by atoms with Gasteiger partial charge in [0, 0.05) is 15.5 Å². The maximum atomic E-state index is 12.5. The Labute approximate surface area is 149 Å². The molecule has 0 spiro atoms. The third kappa shape index (κ3) is 3.77. The molecule has 0 aromatic heterocycles. The molecular weight excluding hydrogens is 366 g/mol. The lowest BCUT2D eigenvalue weighted by Crippen LogP contribution is -2.32. The van der Waals surface area contributed by atoms with E-state index in [1.807, 2.05) is 73.7 Å². The number of carbonyl (C=O) groups excluding carboxylic acids is 1. The number of halogens is 1. The van der Waals surface area contributed by atoms with Crippen molar-refractivity contribution in [3.05, 3.63) is 71.2 Å². The summed E-state index contributed by atoms with van der Waals surface area (Å²) < 4.78 is 6.99. The summed E-state index contributed by atoms with van der Waals surface area (Å²) in [7, 11) is 0. The number of carbonyl (C=O) groups is 1. The molecule has 122 valence electrons. The zero-order valence-electron chi connectivity index (χ0n) is 13.3.